The summed E-state index contributed by atoms with van der Waals surface area (Å²) in [5.41, 5.74) is 0.218. The minimum Gasteiger partial charge on any atom is -0.456 e. The Balaban J connectivity index is 1.83. The molecule has 0 aliphatic carbocycles. The monoisotopic (exact) mass is 297 g/mol. The third-order valence-corrected chi connectivity index (χ3v) is 4.69. The van der Waals surface area contributed by atoms with Gasteiger partial charge in [0.15, 0.2) is 0 Å². The Hall–Kier alpha value is -1.87. The van der Waals surface area contributed by atoms with Gasteiger partial charge in [-0.3, -0.25) is 0 Å². The summed E-state index contributed by atoms with van der Waals surface area (Å²) in [6.07, 6.45) is 2.10. The molecule has 3 nitrogen and oxygen atoms in total. The van der Waals surface area contributed by atoms with Gasteiger partial charge in [0.1, 0.15) is 5.60 Å². The summed E-state index contributed by atoms with van der Waals surface area (Å²) in [5.74, 6) is 0.188. The zero-order valence-corrected chi connectivity index (χ0v) is 13.3. The third kappa shape index (κ3) is 3.00. The lowest BCUT2D eigenvalue weighted by molar-refractivity contribution is -0.0366. The average molecular weight is 297 g/mol. The molecule has 0 amide bonds. The van der Waals surface area contributed by atoms with Crippen LogP contribution in [0.25, 0.3) is 10.8 Å². The number of benzene rings is 2. The van der Waals surface area contributed by atoms with E-state index in [1.54, 1.807) is 0 Å². The molecule has 1 aliphatic heterocycles. The highest BCUT2D eigenvalue weighted by Crippen LogP contribution is 2.30. The Bertz CT molecular complexity index is 667. The molecule has 116 valence electrons. The highest BCUT2D eigenvalue weighted by molar-refractivity contribution is 6.04. The number of carbonyl (C=O) groups is 1. The molecule has 1 saturated heterocycles. The minimum atomic E-state index is -0.434. The first-order valence-corrected chi connectivity index (χ1v) is 8.00. The number of carbonyl (C=O) groups excluding carboxylic acids is 1. The summed E-state index contributed by atoms with van der Waals surface area (Å²) in [4.78, 5) is 12.7. The summed E-state index contributed by atoms with van der Waals surface area (Å²) >= 11 is 0. The topological polar surface area (TPSA) is 38.3 Å². The zero-order valence-electron chi connectivity index (χ0n) is 13.3. The van der Waals surface area contributed by atoms with Crippen LogP contribution in [0, 0.1) is 5.92 Å². The number of hydrogen-bond acceptors (Lipinski definition) is 3. The number of hydrogen-bond donors (Lipinski definition) is 1. The van der Waals surface area contributed by atoms with Crippen molar-refractivity contribution in [2.75, 3.05) is 13.1 Å². The smallest absolute Gasteiger partial charge is 0.339 e. The van der Waals surface area contributed by atoms with Gasteiger partial charge in [-0.2, -0.15) is 0 Å². The zero-order chi connectivity index (χ0) is 15.6. The molecule has 22 heavy (non-hydrogen) atoms. The molecule has 0 aromatic heterocycles. The van der Waals surface area contributed by atoms with Gasteiger partial charge in [0, 0.05) is 5.92 Å². The molecule has 1 fully saturated rings. The summed E-state index contributed by atoms with van der Waals surface area (Å²) in [7, 11) is 0. The van der Waals surface area contributed by atoms with Gasteiger partial charge >= 0.3 is 5.97 Å². The van der Waals surface area contributed by atoms with E-state index in [0.29, 0.717) is 11.5 Å². The number of piperidine rings is 1. The van der Waals surface area contributed by atoms with Gasteiger partial charge in [-0.25, -0.2) is 4.79 Å². The van der Waals surface area contributed by atoms with E-state index >= 15 is 0 Å². The van der Waals surface area contributed by atoms with Crippen LogP contribution in [0.2, 0.25) is 0 Å². The third-order valence-electron chi connectivity index (χ3n) is 4.69. The van der Waals surface area contributed by atoms with Gasteiger partial charge in [-0.1, -0.05) is 36.4 Å². The van der Waals surface area contributed by atoms with Crippen LogP contribution >= 0.6 is 0 Å². The molecule has 1 heterocycles. The number of esters is 1. The van der Waals surface area contributed by atoms with Crippen molar-refractivity contribution in [3.8, 4) is 0 Å². The van der Waals surface area contributed by atoms with E-state index in [0.717, 1.165) is 36.7 Å². The van der Waals surface area contributed by atoms with Crippen molar-refractivity contribution in [1.29, 1.82) is 0 Å². The molecule has 0 bridgehead atoms. The van der Waals surface area contributed by atoms with Gasteiger partial charge in [-0.15, -0.1) is 0 Å². The first-order valence-electron chi connectivity index (χ1n) is 8.00. The minimum absolute atomic E-state index is 0.222. The van der Waals surface area contributed by atoms with Crippen molar-refractivity contribution in [1.82, 2.24) is 5.32 Å². The SMILES string of the molecule is CC(C)(OC(=O)c1cccc2ccccc12)C1CCNCC1. The second kappa shape index (κ2) is 6.09. The van der Waals surface area contributed by atoms with E-state index in [2.05, 4.69) is 5.32 Å². The molecule has 0 saturated carbocycles. The fraction of sp³-hybridized carbons (Fsp3) is 0.421. The van der Waals surface area contributed by atoms with Crippen LogP contribution in [-0.4, -0.2) is 24.7 Å². The Morgan fingerprint density at radius 2 is 1.77 bits per heavy atom. The van der Waals surface area contributed by atoms with Crippen molar-refractivity contribution in [2.45, 2.75) is 32.3 Å². The van der Waals surface area contributed by atoms with E-state index in [4.69, 9.17) is 4.74 Å². The number of rotatable bonds is 3. The second-order valence-electron chi connectivity index (χ2n) is 6.54. The molecular weight excluding hydrogens is 274 g/mol. The summed E-state index contributed by atoms with van der Waals surface area (Å²) < 4.78 is 5.90. The van der Waals surface area contributed by atoms with Gasteiger partial charge in [-0.05, 0) is 56.6 Å². The lowest BCUT2D eigenvalue weighted by Crippen LogP contribution is -2.42. The largest absolute Gasteiger partial charge is 0.456 e. The molecular formula is C19H23NO2. The van der Waals surface area contributed by atoms with Gasteiger partial charge < -0.3 is 10.1 Å². The summed E-state index contributed by atoms with van der Waals surface area (Å²) in [5, 5.41) is 5.38. The second-order valence-corrected chi connectivity index (χ2v) is 6.54. The molecule has 3 rings (SSSR count). The quantitative estimate of drug-likeness (QED) is 0.876. The highest BCUT2D eigenvalue weighted by Gasteiger charge is 2.34. The van der Waals surface area contributed by atoms with E-state index in [9.17, 15) is 4.79 Å². The summed E-state index contributed by atoms with van der Waals surface area (Å²) in [6.45, 7) is 6.07. The first kappa shape index (κ1) is 15.0. The Labute approximate surface area is 131 Å². The highest BCUT2D eigenvalue weighted by atomic mass is 16.6. The van der Waals surface area contributed by atoms with Crippen molar-refractivity contribution in [2.24, 2.45) is 5.92 Å². The molecule has 0 unspecified atom stereocenters. The van der Waals surface area contributed by atoms with E-state index in [1.165, 1.54) is 0 Å². The van der Waals surface area contributed by atoms with Gasteiger partial charge in [0.25, 0.3) is 0 Å². The van der Waals surface area contributed by atoms with Crippen LogP contribution in [0.1, 0.15) is 37.0 Å². The maximum absolute atomic E-state index is 12.7. The molecule has 3 heteroatoms. The van der Waals surface area contributed by atoms with Crippen LogP contribution in [0.5, 0.6) is 0 Å². The van der Waals surface area contributed by atoms with Gasteiger partial charge in [0.05, 0.1) is 5.56 Å². The standard InChI is InChI=1S/C19H23NO2/c1-19(2,15-10-12-20-13-11-15)22-18(21)17-9-5-7-14-6-3-4-8-16(14)17/h3-9,15,20H,10-13H2,1-2H3. The van der Waals surface area contributed by atoms with E-state index in [-0.39, 0.29) is 5.97 Å². The van der Waals surface area contributed by atoms with Crippen molar-refractivity contribution in [3.63, 3.8) is 0 Å². The van der Waals surface area contributed by atoms with Crippen LogP contribution in [0.4, 0.5) is 0 Å². The number of nitrogens with one attached hydrogen (secondary N) is 1. The molecule has 0 spiro atoms. The lowest BCUT2D eigenvalue weighted by Gasteiger charge is -2.36. The van der Waals surface area contributed by atoms with Crippen LogP contribution in [-0.2, 0) is 4.74 Å². The normalized spacial score (nSPS) is 16.6. The van der Waals surface area contributed by atoms with Crippen LogP contribution < -0.4 is 5.32 Å². The van der Waals surface area contributed by atoms with Crippen LogP contribution in [0.15, 0.2) is 42.5 Å². The molecule has 1 N–H and O–H groups in total. The van der Waals surface area contributed by atoms with Crippen LogP contribution in [0.3, 0.4) is 0 Å². The molecule has 2 aromatic carbocycles. The fourth-order valence-corrected chi connectivity index (χ4v) is 3.30. The first-order chi connectivity index (χ1) is 10.6. The Kier molecular flexibility index (Phi) is 4.16. The van der Waals surface area contributed by atoms with Crippen molar-refractivity contribution < 1.29 is 9.53 Å². The predicted molar refractivity (Wildman–Crippen MR) is 89.0 cm³/mol. The van der Waals surface area contributed by atoms with E-state index in [1.807, 2.05) is 56.3 Å². The number of ether oxygens (including phenoxy) is 1. The average Bonchev–Trinajstić information content (AvgIpc) is 2.54. The molecule has 0 atom stereocenters. The van der Waals surface area contributed by atoms with Crippen molar-refractivity contribution >= 4 is 16.7 Å². The van der Waals surface area contributed by atoms with Crippen molar-refractivity contribution in [3.05, 3.63) is 48.0 Å². The maximum atomic E-state index is 12.7. The Morgan fingerprint density at radius 1 is 1.09 bits per heavy atom. The van der Waals surface area contributed by atoms with E-state index < -0.39 is 5.60 Å². The summed E-state index contributed by atoms with van der Waals surface area (Å²) in [6, 6.07) is 13.7. The molecule has 1 aliphatic rings. The van der Waals surface area contributed by atoms with Gasteiger partial charge in [0.2, 0.25) is 0 Å². The fourth-order valence-electron chi connectivity index (χ4n) is 3.30. The predicted octanol–water partition coefficient (Wildman–Crippen LogP) is 3.77. The lowest BCUT2D eigenvalue weighted by atomic mass is 9.83. The number of fused-ring (bicyclic) bond motifs is 1. The maximum Gasteiger partial charge on any atom is 0.339 e. The molecule has 2 aromatic rings. The Morgan fingerprint density at radius 3 is 2.55 bits per heavy atom. The molecule has 0 radical (unpaired) electrons.